The number of amides is 3. The number of esters is 1. The molecule has 2 N–H and O–H groups in total. The van der Waals surface area contributed by atoms with Crippen LogP contribution in [-0.4, -0.2) is 49.3 Å². The first kappa shape index (κ1) is 20.8. The van der Waals surface area contributed by atoms with Crippen molar-refractivity contribution in [2.75, 3.05) is 31.8 Å². The Hall–Kier alpha value is -3.46. The molecule has 8 nitrogen and oxygen atoms in total. The number of nitrogens with zero attached hydrogens (tertiary/aromatic N) is 1. The van der Waals surface area contributed by atoms with Crippen LogP contribution in [0.3, 0.4) is 0 Å². The fourth-order valence-corrected chi connectivity index (χ4v) is 4.01. The Morgan fingerprint density at radius 1 is 1.23 bits per heavy atom. The first-order valence-corrected chi connectivity index (χ1v) is 10.8. The molecule has 0 radical (unpaired) electrons. The standard InChI is InChI=1S/C22H21N3O5S/c1-29-17-6-4-3-5-15(17)23-18(26)11-25-16-12-30-21(27)19(16)20(24-22(25)28)13-7-9-14(31-2)10-8-13/h3-10,20H,11-12H2,1-2H3,(H,23,26)(H,24,28). The Morgan fingerprint density at radius 2 is 1.97 bits per heavy atom. The predicted molar refractivity (Wildman–Crippen MR) is 116 cm³/mol. The normalized spacial score (nSPS) is 17.7. The maximum Gasteiger partial charge on any atom is 0.338 e. The van der Waals surface area contributed by atoms with E-state index in [2.05, 4.69) is 10.6 Å². The van der Waals surface area contributed by atoms with E-state index in [1.54, 1.807) is 36.0 Å². The summed E-state index contributed by atoms with van der Waals surface area (Å²) < 4.78 is 10.4. The second-order valence-electron chi connectivity index (χ2n) is 6.93. The predicted octanol–water partition coefficient (Wildman–Crippen LogP) is 2.93. The van der Waals surface area contributed by atoms with Gasteiger partial charge in [-0.3, -0.25) is 9.69 Å². The lowest BCUT2D eigenvalue weighted by atomic mass is 9.96. The molecule has 2 heterocycles. The van der Waals surface area contributed by atoms with Crippen molar-refractivity contribution in [1.82, 2.24) is 10.2 Å². The topological polar surface area (TPSA) is 97.0 Å². The highest BCUT2D eigenvalue weighted by Crippen LogP contribution is 2.35. The molecule has 0 saturated heterocycles. The van der Waals surface area contributed by atoms with Crippen LogP contribution in [0.4, 0.5) is 10.5 Å². The van der Waals surface area contributed by atoms with Crippen molar-refractivity contribution in [3.63, 3.8) is 0 Å². The van der Waals surface area contributed by atoms with Crippen LogP contribution in [0.2, 0.25) is 0 Å². The average Bonchev–Trinajstić information content (AvgIpc) is 3.17. The largest absolute Gasteiger partial charge is 0.495 e. The van der Waals surface area contributed by atoms with Gasteiger partial charge in [-0.15, -0.1) is 11.8 Å². The zero-order valence-electron chi connectivity index (χ0n) is 17.0. The number of anilines is 1. The molecule has 1 atom stereocenters. The van der Waals surface area contributed by atoms with Crippen molar-refractivity contribution in [3.8, 4) is 5.75 Å². The van der Waals surface area contributed by atoms with Crippen LogP contribution in [0.15, 0.2) is 64.7 Å². The first-order chi connectivity index (χ1) is 15.0. The van der Waals surface area contributed by atoms with Crippen LogP contribution in [0, 0.1) is 0 Å². The number of hydrogen-bond acceptors (Lipinski definition) is 6. The van der Waals surface area contributed by atoms with Gasteiger partial charge < -0.3 is 20.1 Å². The van der Waals surface area contributed by atoms with E-state index in [9.17, 15) is 14.4 Å². The Morgan fingerprint density at radius 3 is 2.68 bits per heavy atom. The molecule has 9 heteroatoms. The van der Waals surface area contributed by atoms with Gasteiger partial charge in [0.15, 0.2) is 0 Å². The molecule has 0 aliphatic carbocycles. The molecule has 2 aliphatic rings. The number of carbonyl (C=O) groups is 3. The maximum absolute atomic E-state index is 12.9. The molecule has 2 aromatic rings. The number of nitrogens with one attached hydrogen (secondary N) is 2. The number of ether oxygens (including phenoxy) is 2. The van der Waals surface area contributed by atoms with Crippen molar-refractivity contribution >= 4 is 35.4 Å². The summed E-state index contributed by atoms with van der Waals surface area (Å²) >= 11 is 1.60. The number of hydrogen-bond donors (Lipinski definition) is 2. The molecule has 0 spiro atoms. The van der Waals surface area contributed by atoms with E-state index >= 15 is 0 Å². The van der Waals surface area contributed by atoms with Crippen LogP contribution >= 0.6 is 11.8 Å². The number of cyclic esters (lactones) is 1. The Bertz CT molecular complexity index is 1070. The lowest BCUT2D eigenvalue weighted by Gasteiger charge is -2.32. The number of para-hydroxylation sites is 2. The zero-order valence-corrected chi connectivity index (χ0v) is 17.8. The summed E-state index contributed by atoms with van der Waals surface area (Å²) in [5.74, 6) is -0.412. The molecule has 160 valence electrons. The summed E-state index contributed by atoms with van der Waals surface area (Å²) in [4.78, 5) is 40.3. The van der Waals surface area contributed by atoms with E-state index in [0.717, 1.165) is 10.5 Å². The molecular formula is C22H21N3O5S. The lowest BCUT2D eigenvalue weighted by Crippen LogP contribution is -2.49. The molecular weight excluding hydrogens is 418 g/mol. The van der Waals surface area contributed by atoms with E-state index in [1.807, 2.05) is 30.5 Å². The lowest BCUT2D eigenvalue weighted by molar-refractivity contribution is -0.136. The average molecular weight is 439 g/mol. The Kier molecular flexibility index (Phi) is 5.85. The summed E-state index contributed by atoms with van der Waals surface area (Å²) in [5.41, 5.74) is 2.02. The minimum atomic E-state index is -0.623. The second kappa shape index (κ2) is 8.73. The zero-order chi connectivity index (χ0) is 22.0. The van der Waals surface area contributed by atoms with Crippen molar-refractivity contribution in [1.29, 1.82) is 0 Å². The van der Waals surface area contributed by atoms with Gasteiger partial charge in [0.2, 0.25) is 5.91 Å². The highest BCUT2D eigenvalue weighted by atomic mass is 32.2. The van der Waals surface area contributed by atoms with E-state index in [0.29, 0.717) is 22.7 Å². The Labute approximate surface area is 183 Å². The highest BCUT2D eigenvalue weighted by molar-refractivity contribution is 7.98. The van der Waals surface area contributed by atoms with Gasteiger partial charge in [-0.1, -0.05) is 24.3 Å². The molecule has 3 amide bonds. The van der Waals surface area contributed by atoms with Crippen LogP contribution in [0.5, 0.6) is 5.75 Å². The molecule has 2 aromatic carbocycles. The van der Waals surface area contributed by atoms with Crippen molar-refractivity contribution in [3.05, 3.63) is 65.4 Å². The maximum atomic E-state index is 12.9. The third-order valence-corrected chi connectivity index (χ3v) is 5.87. The van der Waals surface area contributed by atoms with Crippen LogP contribution in [0.1, 0.15) is 11.6 Å². The summed E-state index contributed by atoms with van der Waals surface area (Å²) in [6.45, 7) is -0.319. The smallest absolute Gasteiger partial charge is 0.338 e. The third kappa shape index (κ3) is 4.09. The minimum Gasteiger partial charge on any atom is -0.495 e. The monoisotopic (exact) mass is 439 g/mol. The Balaban J connectivity index is 1.58. The number of carbonyl (C=O) groups excluding carboxylic acids is 3. The first-order valence-electron chi connectivity index (χ1n) is 9.57. The van der Waals surface area contributed by atoms with E-state index in [-0.39, 0.29) is 13.2 Å². The fraction of sp³-hybridized carbons (Fsp3) is 0.227. The molecule has 1 unspecified atom stereocenters. The molecule has 31 heavy (non-hydrogen) atoms. The SMILES string of the molecule is COc1ccccc1NC(=O)CN1C(=O)NC(c2ccc(SC)cc2)C2=C1COC2=O. The summed E-state index contributed by atoms with van der Waals surface area (Å²) in [7, 11) is 1.51. The van der Waals surface area contributed by atoms with Crippen molar-refractivity contribution < 1.29 is 23.9 Å². The number of methoxy groups -OCH3 is 1. The van der Waals surface area contributed by atoms with Crippen LogP contribution < -0.4 is 15.4 Å². The molecule has 0 bridgehead atoms. The molecule has 0 aromatic heterocycles. The number of rotatable bonds is 6. The van der Waals surface area contributed by atoms with E-state index in [4.69, 9.17) is 9.47 Å². The summed E-state index contributed by atoms with van der Waals surface area (Å²) in [6.07, 6.45) is 1.97. The van der Waals surface area contributed by atoms with E-state index in [1.165, 1.54) is 12.0 Å². The molecule has 0 fully saturated rings. The molecule has 0 saturated carbocycles. The van der Waals surface area contributed by atoms with Crippen molar-refractivity contribution in [2.24, 2.45) is 0 Å². The van der Waals surface area contributed by atoms with Gasteiger partial charge in [-0.05, 0) is 36.1 Å². The van der Waals surface area contributed by atoms with Gasteiger partial charge in [-0.2, -0.15) is 0 Å². The molecule has 4 rings (SSSR count). The van der Waals surface area contributed by atoms with Gasteiger partial charge in [-0.25, -0.2) is 9.59 Å². The van der Waals surface area contributed by atoms with Gasteiger partial charge in [0.1, 0.15) is 18.9 Å². The number of thioether (sulfide) groups is 1. The van der Waals surface area contributed by atoms with Crippen LogP contribution in [0.25, 0.3) is 0 Å². The summed E-state index contributed by atoms with van der Waals surface area (Å²) in [5, 5.41) is 5.57. The quantitative estimate of drug-likeness (QED) is 0.531. The fourth-order valence-electron chi connectivity index (χ4n) is 3.61. The third-order valence-electron chi connectivity index (χ3n) is 5.13. The highest BCUT2D eigenvalue weighted by Gasteiger charge is 2.42. The van der Waals surface area contributed by atoms with E-state index < -0.39 is 23.9 Å². The minimum absolute atomic E-state index is 0.0527. The molecule has 2 aliphatic heterocycles. The second-order valence-corrected chi connectivity index (χ2v) is 7.81. The van der Waals surface area contributed by atoms with Gasteiger partial charge >= 0.3 is 12.0 Å². The van der Waals surface area contributed by atoms with Gasteiger partial charge in [0.05, 0.1) is 30.1 Å². The summed E-state index contributed by atoms with van der Waals surface area (Å²) in [6, 6.07) is 13.5. The van der Waals surface area contributed by atoms with Crippen molar-refractivity contribution in [2.45, 2.75) is 10.9 Å². The van der Waals surface area contributed by atoms with Crippen LogP contribution in [-0.2, 0) is 14.3 Å². The van der Waals surface area contributed by atoms with Gasteiger partial charge in [0.25, 0.3) is 0 Å². The van der Waals surface area contributed by atoms with Gasteiger partial charge in [0, 0.05) is 4.90 Å². The number of urea groups is 1. The number of benzene rings is 2.